The Balaban J connectivity index is 2.94. The van der Waals surface area contributed by atoms with Crippen molar-refractivity contribution < 1.29 is 19.8 Å². The summed E-state index contributed by atoms with van der Waals surface area (Å²) < 4.78 is 0. The molecule has 1 heterocycles. The molecule has 3 N–H and O–H groups in total. The van der Waals surface area contributed by atoms with Gasteiger partial charge in [0.1, 0.15) is 5.00 Å². The number of nitrogens with zero attached hydrogens (tertiary/aromatic N) is 1. The Hall–Kier alpha value is -1.60. The molecule has 1 rings (SSSR count). The summed E-state index contributed by atoms with van der Waals surface area (Å²) in [5.74, 6) is -1.05. The van der Waals surface area contributed by atoms with Crippen molar-refractivity contribution in [1.29, 1.82) is 0 Å². The van der Waals surface area contributed by atoms with Gasteiger partial charge in [-0.2, -0.15) is 0 Å². The van der Waals surface area contributed by atoms with Gasteiger partial charge in [-0.3, -0.25) is 5.32 Å². The number of amides is 2. The Labute approximate surface area is 122 Å². The van der Waals surface area contributed by atoms with E-state index in [1.165, 1.54) is 16.2 Å². The second-order valence-electron chi connectivity index (χ2n) is 4.43. The smallest absolute Gasteiger partial charge is 0.338 e. The second kappa shape index (κ2) is 7.25. The zero-order chi connectivity index (χ0) is 15.3. The molecule has 0 aliphatic carbocycles. The number of aliphatic hydroxyl groups excluding tert-OH is 1. The summed E-state index contributed by atoms with van der Waals surface area (Å²) in [6.45, 7) is 6.09. The number of carbonyl (C=O) groups excluding carboxylic acids is 1. The average Bonchev–Trinajstić information content (AvgIpc) is 2.64. The molecular weight excluding hydrogens is 280 g/mol. The quantitative estimate of drug-likeness (QED) is 0.752. The summed E-state index contributed by atoms with van der Waals surface area (Å²) in [6.07, 6.45) is 0.766. The number of nitrogens with one attached hydrogen (secondary N) is 1. The number of carbonyl (C=O) groups is 2. The first-order valence-corrected chi connectivity index (χ1v) is 7.24. The highest BCUT2D eigenvalue weighted by Gasteiger charge is 2.22. The van der Waals surface area contributed by atoms with Crippen LogP contribution in [-0.4, -0.2) is 46.8 Å². The summed E-state index contributed by atoms with van der Waals surface area (Å²) in [5.41, 5.74) is 0.809. The third-order valence-electron chi connectivity index (χ3n) is 2.97. The predicted molar refractivity (Wildman–Crippen MR) is 78.7 cm³/mol. The van der Waals surface area contributed by atoms with Crippen molar-refractivity contribution in [2.75, 3.05) is 25.0 Å². The monoisotopic (exact) mass is 300 g/mol. The maximum atomic E-state index is 12.1. The Morgan fingerprint density at radius 2 is 1.95 bits per heavy atom. The molecular formula is C13H20N2O4S. The van der Waals surface area contributed by atoms with Crippen LogP contribution in [0.15, 0.2) is 0 Å². The van der Waals surface area contributed by atoms with Crippen LogP contribution in [0.1, 0.15) is 34.1 Å². The van der Waals surface area contributed by atoms with E-state index in [0.717, 1.165) is 11.3 Å². The van der Waals surface area contributed by atoms with Crippen LogP contribution in [0.2, 0.25) is 0 Å². The fraction of sp³-hybridized carbons (Fsp3) is 0.538. The fourth-order valence-corrected chi connectivity index (χ4v) is 2.90. The number of aromatic carboxylic acids is 1. The van der Waals surface area contributed by atoms with Crippen LogP contribution in [0, 0.1) is 13.8 Å². The van der Waals surface area contributed by atoms with E-state index in [2.05, 4.69) is 5.32 Å². The van der Waals surface area contributed by atoms with Crippen LogP contribution >= 0.6 is 11.3 Å². The molecule has 0 unspecified atom stereocenters. The molecule has 0 fully saturated rings. The largest absolute Gasteiger partial charge is 0.478 e. The van der Waals surface area contributed by atoms with E-state index in [1.807, 2.05) is 13.8 Å². The fourth-order valence-electron chi connectivity index (χ4n) is 1.85. The molecule has 1 aromatic rings. The molecule has 0 saturated carbocycles. The highest BCUT2D eigenvalue weighted by Crippen LogP contribution is 2.32. The topological polar surface area (TPSA) is 89.9 Å². The van der Waals surface area contributed by atoms with Crippen molar-refractivity contribution in [2.24, 2.45) is 0 Å². The van der Waals surface area contributed by atoms with Gasteiger partial charge < -0.3 is 15.1 Å². The lowest BCUT2D eigenvalue weighted by molar-refractivity contribution is 0.0697. The van der Waals surface area contributed by atoms with E-state index in [0.29, 0.717) is 17.1 Å². The van der Waals surface area contributed by atoms with Crippen LogP contribution in [0.4, 0.5) is 9.80 Å². The van der Waals surface area contributed by atoms with Crippen LogP contribution in [-0.2, 0) is 0 Å². The second-order valence-corrected chi connectivity index (χ2v) is 5.66. The number of hydrogen-bond acceptors (Lipinski definition) is 4. The van der Waals surface area contributed by atoms with Gasteiger partial charge in [0.05, 0.1) is 12.2 Å². The SMILES string of the molecule is CCCN(CCO)C(=O)Nc1sc(C)c(C)c1C(=O)O. The standard InChI is InChI=1S/C13H20N2O4S/c1-4-5-15(6-7-16)13(19)14-11-10(12(17)18)8(2)9(3)20-11/h16H,4-7H2,1-3H3,(H,14,19)(H,17,18). The minimum atomic E-state index is -1.05. The van der Waals surface area contributed by atoms with Crippen molar-refractivity contribution >= 4 is 28.3 Å². The Morgan fingerprint density at radius 3 is 2.45 bits per heavy atom. The molecule has 20 heavy (non-hydrogen) atoms. The Kier molecular flexibility index (Phi) is 5.97. The van der Waals surface area contributed by atoms with Gasteiger partial charge in [-0.05, 0) is 25.8 Å². The first kappa shape index (κ1) is 16.5. The summed E-state index contributed by atoms with van der Waals surface area (Å²) >= 11 is 1.25. The van der Waals surface area contributed by atoms with Gasteiger partial charge in [0.15, 0.2) is 0 Å². The van der Waals surface area contributed by atoms with Gasteiger partial charge in [-0.1, -0.05) is 6.92 Å². The molecule has 0 atom stereocenters. The summed E-state index contributed by atoms with van der Waals surface area (Å²) in [7, 11) is 0. The third-order valence-corrected chi connectivity index (χ3v) is 4.09. The number of thiophene rings is 1. The Morgan fingerprint density at radius 1 is 1.30 bits per heavy atom. The molecule has 0 spiro atoms. The van der Waals surface area contributed by atoms with E-state index in [1.54, 1.807) is 6.92 Å². The van der Waals surface area contributed by atoms with Crippen LogP contribution in [0.3, 0.4) is 0 Å². The molecule has 0 saturated heterocycles. The van der Waals surface area contributed by atoms with Crippen molar-refractivity contribution in [3.63, 3.8) is 0 Å². The van der Waals surface area contributed by atoms with Crippen molar-refractivity contribution in [3.8, 4) is 0 Å². The van der Waals surface area contributed by atoms with Gasteiger partial charge in [-0.25, -0.2) is 9.59 Å². The van der Waals surface area contributed by atoms with Gasteiger partial charge in [0, 0.05) is 18.0 Å². The van der Waals surface area contributed by atoms with Crippen molar-refractivity contribution in [3.05, 3.63) is 16.0 Å². The van der Waals surface area contributed by atoms with E-state index in [9.17, 15) is 14.7 Å². The van der Waals surface area contributed by atoms with Crippen LogP contribution in [0.5, 0.6) is 0 Å². The number of hydrogen-bond donors (Lipinski definition) is 3. The number of anilines is 1. The van der Waals surface area contributed by atoms with E-state index < -0.39 is 5.97 Å². The first-order valence-electron chi connectivity index (χ1n) is 6.42. The summed E-state index contributed by atoms with van der Waals surface area (Å²) in [6, 6.07) is -0.385. The molecule has 0 aliphatic rings. The summed E-state index contributed by atoms with van der Waals surface area (Å²) in [4.78, 5) is 25.7. The number of carboxylic acids is 1. The van der Waals surface area contributed by atoms with E-state index >= 15 is 0 Å². The van der Waals surface area contributed by atoms with Gasteiger partial charge in [-0.15, -0.1) is 11.3 Å². The van der Waals surface area contributed by atoms with E-state index in [4.69, 9.17) is 5.11 Å². The zero-order valence-corrected chi connectivity index (χ0v) is 12.7. The number of aliphatic hydroxyl groups is 1. The molecule has 0 radical (unpaired) electrons. The number of carboxylic acid groups (broad SMARTS) is 1. The molecule has 0 aromatic carbocycles. The van der Waals surface area contributed by atoms with E-state index in [-0.39, 0.29) is 24.7 Å². The molecule has 0 aliphatic heterocycles. The molecule has 6 nitrogen and oxygen atoms in total. The van der Waals surface area contributed by atoms with Gasteiger partial charge >= 0.3 is 12.0 Å². The van der Waals surface area contributed by atoms with Crippen molar-refractivity contribution in [1.82, 2.24) is 4.90 Å². The van der Waals surface area contributed by atoms with Gasteiger partial charge in [0.25, 0.3) is 0 Å². The highest BCUT2D eigenvalue weighted by atomic mass is 32.1. The molecule has 1 aromatic heterocycles. The highest BCUT2D eigenvalue weighted by molar-refractivity contribution is 7.16. The normalized spacial score (nSPS) is 10.4. The zero-order valence-electron chi connectivity index (χ0n) is 11.9. The summed E-state index contributed by atoms with van der Waals surface area (Å²) in [5, 5.41) is 21.2. The lowest BCUT2D eigenvalue weighted by Crippen LogP contribution is -2.37. The lowest BCUT2D eigenvalue weighted by Gasteiger charge is -2.21. The first-order chi connectivity index (χ1) is 9.42. The number of aryl methyl sites for hydroxylation is 1. The number of rotatable bonds is 6. The van der Waals surface area contributed by atoms with Crippen LogP contribution in [0.25, 0.3) is 0 Å². The molecule has 0 bridgehead atoms. The lowest BCUT2D eigenvalue weighted by atomic mass is 10.1. The third kappa shape index (κ3) is 3.71. The van der Waals surface area contributed by atoms with Crippen LogP contribution < -0.4 is 5.32 Å². The Bertz CT molecular complexity index is 493. The molecule has 7 heteroatoms. The average molecular weight is 300 g/mol. The maximum absolute atomic E-state index is 12.1. The minimum absolute atomic E-state index is 0.123. The minimum Gasteiger partial charge on any atom is -0.478 e. The predicted octanol–water partition coefficient (Wildman–Crippen LogP) is 2.30. The maximum Gasteiger partial charge on any atom is 0.338 e. The van der Waals surface area contributed by atoms with Crippen molar-refractivity contribution in [2.45, 2.75) is 27.2 Å². The van der Waals surface area contributed by atoms with Gasteiger partial charge in [0.2, 0.25) is 0 Å². The molecule has 2 amide bonds. The number of urea groups is 1. The molecule has 112 valence electrons.